The largest absolute Gasteiger partial charge is 0.480 e. The molecule has 0 aliphatic rings. The van der Waals surface area contributed by atoms with E-state index in [4.69, 9.17) is 0 Å². The first kappa shape index (κ1) is 29.1. The summed E-state index contributed by atoms with van der Waals surface area (Å²) in [6.45, 7) is 3.00. The van der Waals surface area contributed by atoms with Gasteiger partial charge in [0.15, 0.2) is 9.24 Å². The maximum Gasteiger partial charge on any atom is 0.319 e. The number of nitrogens with zero attached hydrogens (tertiary/aromatic N) is 4. The van der Waals surface area contributed by atoms with E-state index in [2.05, 4.69) is 9.97 Å². The summed E-state index contributed by atoms with van der Waals surface area (Å²) >= 11 is 2.33. The van der Waals surface area contributed by atoms with Crippen LogP contribution in [-0.2, 0) is 21.2 Å². The van der Waals surface area contributed by atoms with Crippen LogP contribution in [0.4, 0.5) is 15.8 Å². The molecular formula is C26H23FN4O6S3. The van der Waals surface area contributed by atoms with Crippen molar-refractivity contribution in [3.63, 3.8) is 0 Å². The smallest absolute Gasteiger partial charge is 0.319 e. The third-order valence-corrected chi connectivity index (χ3v) is 9.81. The van der Waals surface area contributed by atoms with Crippen molar-refractivity contribution in [3.05, 3.63) is 93.9 Å². The first-order chi connectivity index (χ1) is 18.9. The number of thiazole rings is 1. The fraction of sp³-hybridized carbons (Fsp3) is 0.192. The van der Waals surface area contributed by atoms with Crippen LogP contribution < -0.4 is 4.31 Å². The van der Waals surface area contributed by atoms with Gasteiger partial charge < -0.3 is 5.11 Å². The van der Waals surface area contributed by atoms with Gasteiger partial charge in [-0.15, -0.1) is 11.3 Å². The number of aromatic nitrogens is 2. The van der Waals surface area contributed by atoms with Crippen LogP contribution in [0.3, 0.4) is 0 Å². The third kappa shape index (κ3) is 6.46. The van der Waals surface area contributed by atoms with Gasteiger partial charge in [-0.1, -0.05) is 23.9 Å². The maximum absolute atomic E-state index is 13.8. The number of hydrogen-bond acceptors (Lipinski definition) is 9. The minimum atomic E-state index is -4.42. The highest BCUT2D eigenvalue weighted by Gasteiger charge is 2.33. The average molecular weight is 603 g/mol. The molecule has 2 aromatic carbocycles. The molecule has 10 nitrogen and oxygen atoms in total. The summed E-state index contributed by atoms with van der Waals surface area (Å²) in [6, 6.07) is 13.8. The Balaban J connectivity index is 1.67. The molecule has 0 radical (unpaired) electrons. The molecule has 0 aliphatic heterocycles. The molecule has 4 aromatic rings. The molecule has 0 amide bonds. The van der Waals surface area contributed by atoms with E-state index in [9.17, 15) is 32.8 Å². The Labute approximate surface area is 237 Å². The van der Waals surface area contributed by atoms with Crippen LogP contribution in [0.5, 0.6) is 0 Å². The number of benzene rings is 2. The average Bonchev–Trinajstić information content (AvgIpc) is 3.35. The van der Waals surface area contributed by atoms with E-state index in [0.29, 0.717) is 21.3 Å². The zero-order valence-electron chi connectivity index (χ0n) is 21.2. The highest BCUT2D eigenvalue weighted by molar-refractivity contribution is 8.03. The van der Waals surface area contributed by atoms with E-state index in [-0.39, 0.29) is 18.7 Å². The van der Waals surface area contributed by atoms with Crippen molar-refractivity contribution in [2.24, 2.45) is 0 Å². The van der Waals surface area contributed by atoms with Crippen LogP contribution >= 0.6 is 23.1 Å². The molecule has 0 bridgehead atoms. The third-order valence-electron chi connectivity index (χ3n) is 5.77. The number of carboxylic acid groups (broad SMARTS) is 1. The number of para-hydroxylation sites is 1. The highest BCUT2D eigenvalue weighted by Crippen LogP contribution is 2.35. The lowest BCUT2D eigenvalue weighted by molar-refractivity contribution is -0.387. The molecule has 208 valence electrons. The quantitative estimate of drug-likeness (QED) is 0.131. The molecule has 0 saturated heterocycles. The summed E-state index contributed by atoms with van der Waals surface area (Å²) in [4.78, 5) is 30.7. The van der Waals surface area contributed by atoms with Gasteiger partial charge >= 0.3 is 5.97 Å². The first-order valence-electron chi connectivity index (χ1n) is 11.7. The van der Waals surface area contributed by atoms with Gasteiger partial charge in [0.05, 0.1) is 28.2 Å². The van der Waals surface area contributed by atoms with Crippen molar-refractivity contribution in [2.45, 2.75) is 34.3 Å². The number of pyridine rings is 1. The van der Waals surface area contributed by atoms with Crippen LogP contribution in [0.2, 0.25) is 0 Å². The van der Waals surface area contributed by atoms with Gasteiger partial charge in [0.2, 0.25) is 0 Å². The van der Waals surface area contributed by atoms with Crippen molar-refractivity contribution < 1.29 is 27.6 Å². The molecule has 0 unspecified atom stereocenters. The molecule has 0 atom stereocenters. The van der Waals surface area contributed by atoms with Crippen molar-refractivity contribution in [2.75, 3.05) is 10.8 Å². The second-order valence-electron chi connectivity index (χ2n) is 8.98. The fourth-order valence-electron chi connectivity index (χ4n) is 3.59. The van der Waals surface area contributed by atoms with Gasteiger partial charge in [-0.25, -0.2) is 17.8 Å². The number of anilines is 1. The van der Waals surface area contributed by atoms with E-state index in [1.165, 1.54) is 53.9 Å². The number of carboxylic acids is 1. The minimum Gasteiger partial charge on any atom is -0.480 e. The number of rotatable bonds is 11. The summed E-state index contributed by atoms with van der Waals surface area (Å²) in [7, 11) is -4.42. The molecular weight excluding hydrogens is 580 g/mol. The van der Waals surface area contributed by atoms with Crippen LogP contribution in [-0.4, -0.2) is 45.7 Å². The van der Waals surface area contributed by atoms with E-state index in [1.54, 1.807) is 37.4 Å². The van der Waals surface area contributed by atoms with E-state index in [1.807, 2.05) is 0 Å². The second kappa shape index (κ2) is 11.7. The van der Waals surface area contributed by atoms with Crippen molar-refractivity contribution in [1.82, 2.24) is 9.97 Å². The molecule has 2 aromatic heterocycles. The van der Waals surface area contributed by atoms with Crippen LogP contribution in [0, 0.1) is 15.9 Å². The molecule has 0 spiro atoms. The minimum absolute atomic E-state index is 0.123. The standard InChI is InChI=1S/C26H23FN4O6S3/c1-26(2,24(32)33)39-25-29-19(16-38-25)13-14-30(40(36,37)23-6-4-3-5-22(23)31(34)35)20-11-12-21(28-15-20)17-7-9-18(27)10-8-17/h3-12,15-16H,13-14H2,1-2H3,(H,32,33). The molecule has 14 heteroatoms. The Morgan fingerprint density at radius 3 is 2.48 bits per heavy atom. The van der Waals surface area contributed by atoms with Gasteiger partial charge in [-0.05, 0) is 56.3 Å². The van der Waals surface area contributed by atoms with Gasteiger partial charge in [0, 0.05) is 30.0 Å². The van der Waals surface area contributed by atoms with Crippen LogP contribution in [0.1, 0.15) is 19.5 Å². The summed E-state index contributed by atoms with van der Waals surface area (Å²) in [5.74, 6) is -1.40. The molecule has 1 N–H and O–H groups in total. The number of halogens is 1. The highest BCUT2D eigenvalue weighted by atomic mass is 32.2. The Morgan fingerprint density at radius 2 is 1.85 bits per heavy atom. The molecule has 0 fully saturated rings. The number of aliphatic carboxylic acids is 1. The maximum atomic E-state index is 13.8. The molecule has 40 heavy (non-hydrogen) atoms. The zero-order chi connectivity index (χ0) is 29.1. The summed E-state index contributed by atoms with van der Waals surface area (Å²) in [6.07, 6.45) is 1.48. The lowest BCUT2D eigenvalue weighted by atomic mass is 10.1. The normalized spacial score (nSPS) is 11.8. The van der Waals surface area contributed by atoms with Crippen LogP contribution in [0.25, 0.3) is 11.3 Å². The summed E-state index contributed by atoms with van der Waals surface area (Å²) in [5.41, 5.74) is 1.24. The zero-order valence-corrected chi connectivity index (χ0v) is 23.7. The molecule has 2 heterocycles. The van der Waals surface area contributed by atoms with Crippen LogP contribution in [0.15, 0.2) is 81.5 Å². The SMILES string of the molecule is CC(C)(Sc1nc(CCN(c2ccc(-c3ccc(F)cc3)nc2)S(=O)(=O)c2ccccc2[N+](=O)[O-])cs1)C(=O)O. The number of hydrogen-bond donors (Lipinski definition) is 1. The number of thioether (sulfide) groups is 1. The number of nitro benzene ring substituents is 1. The Kier molecular flexibility index (Phi) is 8.51. The number of sulfonamides is 1. The van der Waals surface area contributed by atoms with Gasteiger partial charge in [0.1, 0.15) is 10.6 Å². The Morgan fingerprint density at radius 1 is 1.15 bits per heavy atom. The van der Waals surface area contributed by atoms with E-state index >= 15 is 0 Å². The van der Waals surface area contributed by atoms with Crippen molar-refractivity contribution in [1.29, 1.82) is 0 Å². The first-order valence-corrected chi connectivity index (χ1v) is 14.9. The second-order valence-corrected chi connectivity index (χ2v) is 13.5. The lowest BCUT2D eigenvalue weighted by Gasteiger charge is -2.24. The summed E-state index contributed by atoms with van der Waals surface area (Å²) in [5, 5.41) is 22.7. The van der Waals surface area contributed by atoms with Crippen molar-refractivity contribution in [3.8, 4) is 11.3 Å². The predicted molar refractivity (Wildman–Crippen MR) is 151 cm³/mol. The number of carbonyl (C=O) groups is 1. The molecule has 0 saturated carbocycles. The predicted octanol–water partition coefficient (Wildman–Crippen LogP) is 5.65. The van der Waals surface area contributed by atoms with Gasteiger partial charge in [-0.2, -0.15) is 0 Å². The topological polar surface area (TPSA) is 144 Å². The van der Waals surface area contributed by atoms with E-state index in [0.717, 1.165) is 22.1 Å². The van der Waals surface area contributed by atoms with Gasteiger partial charge in [0.25, 0.3) is 15.7 Å². The van der Waals surface area contributed by atoms with Crippen molar-refractivity contribution >= 4 is 50.5 Å². The Hall–Kier alpha value is -3.88. The fourth-order valence-corrected chi connectivity index (χ4v) is 7.42. The van der Waals surface area contributed by atoms with Gasteiger partial charge in [-0.3, -0.25) is 24.2 Å². The van der Waals surface area contributed by atoms with E-state index < -0.39 is 42.1 Å². The monoisotopic (exact) mass is 602 g/mol. The Bertz CT molecular complexity index is 1640. The molecule has 0 aliphatic carbocycles. The molecule has 4 rings (SSSR count). The lowest BCUT2D eigenvalue weighted by Crippen LogP contribution is -2.33. The summed E-state index contributed by atoms with van der Waals surface area (Å²) < 4.78 is 41.4. The number of nitro groups is 1.